The average Bonchev–Trinajstić information content (AvgIpc) is 2.87. The molecule has 1 aromatic heterocycles. The minimum absolute atomic E-state index is 0.620. The Morgan fingerprint density at radius 3 is 2.53 bits per heavy atom. The van der Waals surface area contributed by atoms with E-state index in [9.17, 15) is 0 Å². The zero-order valence-electron chi connectivity index (χ0n) is 9.39. The van der Waals surface area contributed by atoms with E-state index in [1.807, 2.05) is 0 Å². The van der Waals surface area contributed by atoms with E-state index in [1.165, 1.54) is 26.1 Å². The van der Waals surface area contributed by atoms with Gasteiger partial charge in [-0.05, 0) is 28.5 Å². The van der Waals surface area contributed by atoms with Crippen LogP contribution in [0.25, 0.3) is 21.2 Å². The zero-order valence-corrected chi connectivity index (χ0v) is 10.2. The molecule has 3 aromatic rings. The Bertz CT molecular complexity index is 649. The Morgan fingerprint density at radius 2 is 1.71 bits per heavy atom. The van der Waals surface area contributed by atoms with Crippen molar-refractivity contribution in [1.29, 1.82) is 0 Å². The Labute approximate surface area is 105 Å². The molecule has 2 aromatic carbocycles. The van der Waals surface area contributed by atoms with Gasteiger partial charge in [0.25, 0.3) is 0 Å². The number of hydrogen-bond donors (Lipinski definition) is 1. The lowest BCUT2D eigenvalue weighted by Gasteiger charge is -2.03. The Hall–Kier alpha value is -1.64. The summed E-state index contributed by atoms with van der Waals surface area (Å²) in [5.41, 5.74) is 6.96. The van der Waals surface area contributed by atoms with Gasteiger partial charge in [-0.15, -0.1) is 11.3 Å². The van der Waals surface area contributed by atoms with E-state index in [2.05, 4.69) is 54.6 Å². The molecule has 0 spiro atoms. The predicted octanol–water partition coefficient (Wildman–Crippen LogP) is 4.03. The van der Waals surface area contributed by atoms with Gasteiger partial charge in [0, 0.05) is 16.3 Å². The lowest BCUT2D eigenvalue weighted by molar-refractivity contribution is 1.11. The summed E-state index contributed by atoms with van der Waals surface area (Å²) in [6.07, 6.45) is 0. The monoisotopic (exact) mass is 239 g/mol. The molecule has 3 rings (SSSR count). The van der Waals surface area contributed by atoms with Crippen LogP contribution in [0.2, 0.25) is 0 Å². The molecule has 0 atom stereocenters. The summed E-state index contributed by atoms with van der Waals surface area (Å²) in [5.74, 6) is 0. The van der Waals surface area contributed by atoms with Gasteiger partial charge in [0.1, 0.15) is 0 Å². The molecule has 0 aliphatic rings. The molecule has 1 heterocycles. The molecule has 0 aliphatic heterocycles. The van der Waals surface area contributed by atoms with E-state index in [0.717, 1.165) is 0 Å². The van der Waals surface area contributed by atoms with Crippen LogP contribution in [-0.2, 0) is 6.54 Å². The maximum atomic E-state index is 5.66. The topological polar surface area (TPSA) is 26.0 Å². The largest absolute Gasteiger partial charge is 0.326 e. The van der Waals surface area contributed by atoms with Crippen LogP contribution in [0.3, 0.4) is 0 Å². The number of hydrogen-bond acceptors (Lipinski definition) is 2. The summed E-state index contributed by atoms with van der Waals surface area (Å²) >= 11 is 1.78. The van der Waals surface area contributed by atoms with Crippen LogP contribution in [0.5, 0.6) is 0 Å². The fraction of sp³-hybridized carbons (Fsp3) is 0.0667. The van der Waals surface area contributed by atoms with Gasteiger partial charge < -0.3 is 5.73 Å². The van der Waals surface area contributed by atoms with Crippen molar-refractivity contribution in [2.24, 2.45) is 5.73 Å². The summed E-state index contributed by atoms with van der Waals surface area (Å²) in [6, 6.07) is 19.2. The van der Waals surface area contributed by atoms with Crippen LogP contribution in [0, 0.1) is 0 Å². The SMILES string of the molecule is NCc1ccc(-c2cccc3ccccc23)s1. The van der Waals surface area contributed by atoms with Crippen LogP contribution in [0.4, 0.5) is 0 Å². The molecule has 0 fully saturated rings. The number of nitrogens with two attached hydrogens (primary N) is 1. The first-order valence-electron chi connectivity index (χ1n) is 5.65. The highest BCUT2D eigenvalue weighted by Gasteiger charge is 2.05. The minimum atomic E-state index is 0.620. The second kappa shape index (κ2) is 4.32. The van der Waals surface area contributed by atoms with Crippen LogP contribution in [0.15, 0.2) is 54.6 Å². The molecule has 0 aliphatic carbocycles. The van der Waals surface area contributed by atoms with Crippen LogP contribution in [-0.4, -0.2) is 0 Å². The van der Waals surface area contributed by atoms with Gasteiger partial charge in [0.2, 0.25) is 0 Å². The average molecular weight is 239 g/mol. The molecule has 0 radical (unpaired) electrons. The number of rotatable bonds is 2. The summed E-state index contributed by atoms with van der Waals surface area (Å²) in [6.45, 7) is 0.620. The van der Waals surface area contributed by atoms with Gasteiger partial charge in [0.15, 0.2) is 0 Å². The van der Waals surface area contributed by atoms with E-state index >= 15 is 0 Å². The van der Waals surface area contributed by atoms with Crippen molar-refractivity contribution >= 4 is 22.1 Å². The van der Waals surface area contributed by atoms with Crippen LogP contribution < -0.4 is 5.73 Å². The normalized spacial score (nSPS) is 10.9. The van der Waals surface area contributed by atoms with E-state index in [1.54, 1.807) is 11.3 Å². The Kier molecular flexibility index (Phi) is 2.67. The smallest absolute Gasteiger partial charge is 0.0352 e. The maximum absolute atomic E-state index is 5.66. The zero-order chi connectivity index (χ0) is 11.7. The summed E-state index contributed by atoms with van der Waals surface area (Å²) in [4.78, 5) is 2.52. The first-order chi connectivity index (χ1) is 8.38. The van der Waals surface area contributed by atoms with Crippen molar-refractivity contribution < 1.29 is 0 Å². The molecule has 84 valence electrons. The number of benzene rings is 2. The molecule has 0 amide bonds. The highest BCUT2D eigenvalue weighted by atomic mass is 32.1. The molecule has 0 saturated heterocycles. The highest BCUT2D eigenvalue weighted by molar-refractivity contribution is 7.15. The first-order valence-corrected chi connectivity index (χ1v) is 6.47. The van der Waals surface area contributed by atoms with Crippen molar-refractivity contribution in [1.82, 2.24) is 0 Å². The molecule has 17 heavy (non-hydrogen) atoms. The predicted molar refractivity (Wildman–Crippen MR) is 75.2 cm³/mol. The van der Waals surface area contributed by atoms with Gasteiger partial charge in [-0.1, -0.05) is 42.5 Å². The lowest BCUT2D eigenvalue weighted by Crippen LogP contribution is -1.91. The number of thiophene rings is 1. The van der Waals surface area contributed by atoms with Crippen LogP contribution in [0.1, 0.15) is 4.88 Å². The van der Waals surface area contributed by atoms with Crippen molar-refractivity contribution in [3.8, 4) is 10.4 Å². The molecule has 0 saturated carbocycles. The van der Waals surface area contributed by atoms with Gasteiger partial charge in [0.05, 0.1) is 0 Å². The molecule has 0 unspecified atom stereocenters. The van der Waals surface area contributed by atoms with Gasteiger partial charge in [-0.3, -0.25) is 0 Å². The second-order valence-corrected chi connectivity index (χ2v) is 5.17. The summed E-state index contributed by atoms with van der Waals surface area (Å²) < 4.78 is 0. The quantitative estimate of drug-likeness (QED) is 0.718. The third kappa shape index (κ3) is 1.86. The van der Waals surface area contributed by atoms with Crippen molar-refractivity contribution in [2.45, 2.75) is 6.54 Å². The molecule has 2 N–H and O–H groups in total. The molecule has 1 nitrogen and oxygen atoms in total. The Morgan fingerprint density at radius 1 is 0.882 bits per heavy atom. The molecule has 2 heteroatoms. The van der Waals surface area contributed by atoms with E-state index in [0.29, 0.717) is 6.54 Å². The van der Waals surface area contributed by atoms with Gasteiger partial charge in [-0.25, -0.2) is 0 Å². The Balaban J connectivity index is 2.23. The van der Waals surface area contributed by atoms with Crippen molar-refractivity contribution in [2.75, 3.05) is 0 Å². The fourth-order valence-electron chi connectivity index (χ4n) is 2.07. The fourth-order valence-corrected chi connectivity index (χ4v) is 3.00. The van der Waals surface area contributed by atoms with Gasteiger partial charge in [-0.2, -0.15) is 0 Å². The van der Waals surface area contributed by atoms with Crippen LogP contribution >= 0.6 is 11.3 Å². The van der Waals surface area contributed by atoms with Crippen molar-refractivity contribution in [3.05, 3.63) is 59.5 Å². The standard InChI is InChI=1S/C15H13NS/c16-10-12-8-9-15(17-12)14-7-3-5-11-4-1-2-6-13(11)14/h1-9H,10,16H2. The highest BCUT2D eigenvalue weighted by Crippen LogP contribution is 2.33. The molecule has 0 bridgehead atoms. The molecular formula is C15H13NS. The minimum Gasteiger partial charge on any atom is -0.326 e. The maximum Gasteiger partial charge on any atom is 0.0352 e. The third-order valence-electron chi connectivity index (χ3n) is 2.92. The van der Waals surface area contributed by atoms with Gasteiger partial charge >= 0.3 is 0 Å². The third-order valence-corrected chi connectivity index (χ3v) is 4.06. The number of fused-ring (bicyclic) bond motifs is 1. The second-order valence-electron chi connectivity index (χ2n) is 4.00. The molecular weight excluding hydrogens is 226 g/mol. The first kappa shape index (κ1) is 10.5. The van der Waals surface area contributed by atoms with E-state index in [-0.39, 0.29) is 0 Å². The van der Waals surface area contributed by atoms with Crippen molar-refractivity contribution in [3.63, 3.8) is 0 Å². The van der Waals surface area contributed by atoms with E-state index < -0.39 is 0 Å². The summed E-state index contributed by atoms with van der Waals surface area (Å²) in [5, 5.41) is 2.59. The van der Waals surface area contributed by atoms with E-state index in [4.69, 9.17) is 5.73 Å². The lowest BCUT2D eigenvalue weighted by atomic mass is 10.0. The summed E-state index contributed by atoms with van der Waals surface area (Å²) in [7, 11) is 0.